The maximum atomic E-state index is 12.2. The third kappa shape index (κ3) is 3.33. The van der Waals surface area contributed by atoms with Gasteiger partial charge in [0.25, 0.3) is 0 Å². The number of piperidine rings is 1. The molecule has 0 atom stereocenters. The number of likely N-dealkylation sites (tertiary alicyclic amines) is 1. The molecule has 1 saturated heterocycles. The van der Waals surface area contributed by atoms with Crippen LogP contribution in [-0.2, 0) is 4.79 Å². The van der Waals surface area contributed by atoms with Gasteiger partial charge >= 0.3 is 0 Å². The molecule has 3 heteroatoms. The Morgan fingerprint density at radius 3 is 2.50 bits per heavy atom. The van der Waals surface area contributed by atoms with Crippen LogP contribution in [0.1, 0.15) is 19.3 Å². The Kier molecular flexibility index (Phi) is 4.37. The van der Waals surface area contributed by atoms with Crippen LogP contribution < -0.4 is 4.90 Å². The summed E-state index contributed by atoms with van der Waals surface area (Å²) in [4.78, 5) is 16.3. The Morgan fingerprint density at radius 1 is 1.28 bits per heavy atom. The summed E-state index contributed by atoms with van der Waals surface area (Å²) in [6.07, 6.45) is 2.97. The fourth-order valence-electron chi connectivity index (χ4n) is 2.45. The van der Waals surface area contributed by atoms with Crippen LogP contribution in [0.5, 0.6) is 0 Å². The Balaban J connectivity index is 1.88. The van der Waals surface area contributed by atoms with Crippen molar-refractivity contribution in [1.29, 1.82) is 0 Å². The molecule has 0 bridgehead atoms. The highest BCUT2D eigenvalue weighted by molar-refractivity contribution is 5.92. The predicted molar refractivity (Wildman–Crippen MR) is 74.7 cm³/mol. The molecule has 2 rings (SSSR count). The number of nitrogens with zero attached hydrogens (tertiary/aromatic N) is 2. The molecule has 0 aromatic heterocycles. The van der Waals surface area contributed by atoms with Gasteiger partial charge in [-0.3, -0.25) is 4.79 Å². The van der Waals surface area contributed by atoms with Crippen molar-refractivity contribution in [2.75, 3.05) is 32.1 Å². The largest absolute Gasteiger partial charge is 0.315 e. The average Bonchev–Trinajstić information content (AvgIpc) is 2.41. The predicted octanol–water partition coefficient (Wildman–Crippen LogP) is 2.38. The smallest absolute Gasteiger partial charge is 0.226 e. The van der Waals surface area contributed by atoms with E-state index in [0.29, 0.717) is 12.3 Å². The van der Waals surface area contributed by atoms with Gasteiger partial charge in [-0.2, -0.15) is 0 Å². The van der Waals surface area contributed by atoms with Crippen LogP contribution in [0, 0.1) is 5.92 Å². The fourth-order valence-corrected chi connectivity index (χ4v) is 2.45. The minimum Gasteiger partial charge on any atom is -0.315 e. The van der Waals surface area contributed by atoms with Crippen molar-refractivity contribution in [3.05, 3.63) is 30.3 Å². The Bertz CT molecular complexity index is 383. The van der Waals surface area contributed by atoms with Crippen molar-refractivity contribution in [3.8, 4) is 0 Å². The van der Waals surface area contributed by atoms with Gasteiger partial charge in [0.1, 0.15) is 0 Å². The number of rotatable bonds is 3. The van der Waals surface area contributed by atoms with Crippen LogP contribution in [0.4, 0.5) is 5.69 Å². The van der Waals surface area contributed by atoms with E-state index in [1.807, 2.05) is 37.4 Å². The zero-order valence-electron chi connectivity index (χ0n) is 11.3. The topological polar surface area (TPSA) is 23.6 Å². The molecule has 0 spiro atoms. The van der Waals surface area contributed by atoms with Gasteiger partial charge < -0.3 is 9.80 Å². The van der Waals surface area contributed by atoms with Crippen molar-refractivity contribution in [2.24, 2.45) is 5.92 Å². The maximum absolute atomic E-state index is 12.2. The van der Waals surface area contributed by atoms with Gasteiger partial charge in [-0.05, 0) is 51.0 Å². The van der Waals surface area contributed by atoms with E-state index in [1.165, 1.54) is 0 Å². The van der Waals surface area contributed by atoms with E-state index in [4.69, 9.17) is 0 Å². The molecule has 1 aliphatic heterocycles. The zero-order valence-corrected chi connectivity index (χ0v) is 11.3. The van der Waals surface area contributed by atoms with Crippen LogP contribution in [0.25, 0.3) is 0 Å². The molecule has 0 aliphatic carbocycles. The van der Waals surface area contributed by atoms with Gasteiger partial charge in [0, 0.05) is 19.2 Å². The monoisotopic (exact) mass is 246 g/mol. The molecule has 1 aromatic rings. The van der Waals surface area contributed by atoms with E-state index in [9.17, 15) is 4.79 Å². The van der Waals surface area contributed by atoms with Crippen LogP contribution >= 0.6 is 0 Å². The molecule has 0 unspecified atom stereocenters. The first-order chi connectivity index (χ1) is 8.66. The van der Waals surface area contributed by atoms with Crippen molar-refractivity contribution >= 4 is 11.6 Å². The molecule has 98 valence electrons. The number of amides is 1. The van der Waals surface area contributed by atoms with Gasteiger partial charge in [-0.15, -0.1) is 0 Å². The second kappa shape index (κ2) is 6.01. The van der Waals surface area contributed by atoms with Crippen LogP contribution in [-0.4, -0.2) is 38.0 Å². The Hall–Kier alpha value is -1.35. The molecule has 3 nitrogen and oxygen atoms in total. The summed E-state index contributed by atoms with van der Waals surface area (Å²) < 4.78 is 0. The average molecular weight is 246 g/mol. The van der Waals surface area contributed by atoms with Gasteiger partial charge in [0.2, 0.25) is 5.91 Å². The van der Waals surface area contributed by atoms with Crippen molar-refractivity contribution in [1.82, 2.24) is 4.90 Å². The Morgan fingerprint density at radius 2 is 1.89 bits per heavy atom. The minimum atomic E-state index is 0.232. The molecular formula is C15H22N2O. The van der Waals surface area contributed by atoms with Crippen molar-refractivity contribution in [2.45, 2.75) is 19.3 Å². The molecule has 0 N–H and O–H groups in total. The standard InChI is InChI=1S/C15H22N2O/c1-16-10-8-13(9-11-16)12-15(18)17(2)14-6-4-3-5-7-14/h3-7,13H,8-12H2,1-2H3. The third-order valence-corrected chi connectivity index (χ3v) is 3.82. The first kappa shape index (κ1) is 13.1. The number of anilines is 1. The SMILES string of the molecule is CN1CCC(CC(=O)N(C)c2ccccc2)CC1. The lowest BCUT2D eigenvalue weighted by molar-refractivity contribution is -0.119. The summed E-state index contributed by atoms with van der Waals surface area (Å²) in [6.45, 7) is 2.24. The highest BCUT2D eigenvalue weighted by Crippen LogP contribution is 2.22. The van der Waals surface area contributed by atoms with E-state index in [2.05, 4.69) is 11.9 Å². The Labute approximate surface area is 109 Å². The molecular weight excluding hydrogens is 224 g/mol. The molecule has 1 fully saturated rings. The number of hydrogen-bond acceptors (Lipinski definition) is 2. The lowest BCUT2D eigenvalue weighted by Crippen LogP contribution is -2.34. The number of benzene rings is 1. The van der Waals surface area contributed by atoms with Crippen LogP contribution in [0.15, 0.2) is 30.3 Å². The summed E-state index contributed by atoms with van der Waals surface area (Å²) in [5.41, 5.74) is 0.982. The second-order valence-corrected chi connectivity index (χ2v) is 5.24. The van der Waals surface area contributed by atoms with Gasteiger partial charge in [0.05, 0.1) is 0 Å². The highest BCUT2D eigenvalue weighted by atomic mass is 16.2. The molecule has 1 aromatic carbocycles. The summed E-state index contributed by atoms with van der Waals surface area (Å²) in [5.74, 6) is 0.788. The number of carbonyl (C=O) groups excluding carboxylic acids is 1. The van der Waals surface area contributed by atoms with E-state index in [0.717, 1.165) is 31.6 Å². The van der Waals surface area contributed by atoms with Crippen LogP contribution in [0.3, 0.4) is 0 Å². The molecule has 1 aliphatic rings. The first-order valence-corrected chi connectivity index (χ1v) is 6.67. The molecule has 0 saturated carbocycles. The molecule has 1 heterocycles. The molecule has 0 radical (unpaired) electrons. The van der Waals surface area contributed by atoms with E-state index >= 15 is 0 Å². The molecule has 18 heavy (non-hydrogen) atoms. The molecule has 1 amide bonds. The van der Waals surface area contributed by atoms with Crippen LogP contribution in [0.2, 0.25) is 0 Å². The van der Waals surface area contributed by atoms with Crippen molar-refractivity contribution in [3.63, 3.8) is 0 Å². The van der Waals surface area contributed by atoms with E-state index < -0.39 is 0 Å². The lowest BCUT2D eigenvalue weighted by Gasteiger charge is -2.29. The zero-order chi connectivity index (χ0) is 13.0. The van der Waals surface area contributed by atoms with E-state index in [1.54, 1.807) is 4.90 Å². The van der Waals surface area contributed by atoms with Gasteiger partial charge in [-0.1, -0.05) is 18.2 Å². The maximum Gasteiger partial charge on any atom is 0.226 e. The van der Waals surface area contributed by atoms with Crippen molar-refractivity contribution < 1.29 is 4.79 Å². The van der Waals surface area contributed by atoms with Gasteiger partial charge in [0.15, 0.2) is 0 Å². The minimum absolute atomic E-state index is 0.232. The highest BCUT2D eigenvalue weighted by Gasteiger charge is 2.21. The third-order valence-electron chi connectivity index (χ3n) is 3.82. The summed E-state index contributed by atoms with van der Waals surface area (Å²) in [6, 6.07) is 9.86. The first-order valence-electron chi connectivity index (χ1n) is 6.67. The normalized spacial score (nSPS) is 17.7. The summed E-state index contributed by atoms with van der Waals surface area (Å²) >= 11 is 0. The summed E-state index contributed by atoms with van der Waals surface area (Å²) in [7, 11) is 4.01. The lowest BCUT2D eigenvalue weighted by atomic mass is 9.93. The number of hydrogen-bond donors (Lipinski definition) is 0. The number of carbonyl (C=O) groups is 1. The second-order valence-electron chi connectivity index (χ2n) is 5.24. The van der Waals surface area contributed by atoms with Gasteiger partial charge in [-0.25, -0.2) is 0 Å². The quantitative estimate of drug-likeness (QED) is 0.817. The fraction of sp³-hybridized carbons (Fsp3) is 0.533. The van der Waals surface area contributed by atoms with E-state index in [-0.39, 0.29) is 5.91 Å². The summed E-state index contributed by atoms with van der Waals surface area (Å²) in [5, 5.41) is 0. The number of para-hydroxylation sites is 1.